The van der Waals surface area contributed by atoms with Gasteiger partial charge in [-0.15, -0.1) is 0 Å². The third-order valence-electron chi connectivity index (χ3n) is 2.46. The summed E-state index contributed by atoms with van der Waals surface area (Å²) in [5, 5.41) is 0.919. The SMILES string of the molecule is CCN(CC)C(=O)CSc1nccn1CC. The zero-order chi connectivity index (χ0) is 12.0. The van der Waals surface area contributed by atoms with Crippen LogP contribution < -0.4 is 0 Å². The van der Waals surface area contributed by atoms with E-state index in [1.807, 2.05) is 29.5 Å². The van der Waals surface area contributed by atoms with Gasteiger partial charge in [0.25, 0.3) is 0 Å². The van der Waals surface area contributed by atoms with Gasteiger partial charge < -0.3 is 9.47 Å². The maximum atomic E-state index is 11.8. The van der Waals surface area contributed by atoms with E-state index < -0.39 is 0 Å². The Hall–Kier alpha value is -0.970. The smallest absolute Gasteiger partial charge is 0.233 e. The summed E-state index contributed by atoms with van der Waals surface area (Å²) in [5.41, 5.74) is 0. The number of aryl methyl sites for hydroxylation is 1. The van der Waals surface area contributed by atoms with E-state index >= 15 is 0 Å². The monoisotopic (exact) mass is 241 g/mol. The average Bonchev–Trinajstić information content (AvgIpc) is 2.75. The van der Waals surface area contributed by atoms with Crippen molar-refractivity contribution in [3.05, 3.63) is 12.4 Å². The number of carbonyl (C=O) groups excluding carboxylic acids is 1. The molecule has 0 N–H and O–H groups in total. The molecule has 0 radical (unpaired) electrons. The number of thioether (sulfide) groups is 1. The van der Waals surface area contributed by atoms with E-state index in [1.165, 1.54) is 11.8 Å². The minimum Gasteiger partial charge on any atom is -0.343 e. The zero-order valence-electron chi connectivity index (χ0n) is 10.1. The zero-order valence-corrected chi connectivity index (χ0v) is 11.0. The first-order valence-electron chi connectivity index (χ1n) is 5.64. The molecule has 4 nitrogen and oxygen atoms in total. The summed E-state index contributed by atoms with van der Waals surface area (Å²) in [6, 6.07) is 0. The fourth-order valence-corrected chi connectivity index (χ4v) is 2.40. The van der Waals surface area contributed by atoms with Crippen molar-refractivity contribution in [2.45, 2.75) is 32.5 Å². The Morgan fingerprint density at radius 2 is 2.12 bits per heavy atom. The van der Waals surface area contributed by atoms with Gasteiger partial charge in [0, 0.05) is 32.0 Å². The highest BCUT2D eigenvalue weighted by molar-refractivity contribution is 7.99. The van der Waals surface area contributed by atoms with Crippen LogP contribution in [0.15, 0.2) is 17.6 Å². The van der Waals surface area contributed by atoms with E-state index in [0.29, 0.717) is 5.75 Å². The fourth-order valence-electron chi connectivity index (χ4n) is 1.47. The number of nitrogens with zero attached hydrogens (tertiary/aromatic N) is 3. The van der Waals surface area contributed by atoms with Gasteiger partial charge in [-0.05, 0) is 20.8 Å². The molecule has 0 aromatic carbocycles. The van der Waals surface area contributed by atoms with Crippen molar-refractivity contribution in [2.24, 2.45) is 0 Å². The molecule has 0 spiro atoms. The van der Waals surface area contributed by atoms with Crippen LogP contribution in [0.5, 0.6) is 0 Å². The summed E-state index contributed by atoms with van der Waals surface area (Å²) in [5.74, 6) is 0.652. The molecule has 0 saturated heterocycles. The molecule has 0 atom stereocenters. The van der Waals surface area contributed by atoms with Crippen LogP contribution in [0.2, 0.25) is 0 Å². The molecule has 1 aromatic rings. The first-order chi connectivity index (χ1) is 7.72. The lowest BCUT2D eigenvalue weighted by Crippen LogP contribution is -2.31. The molecule has 16 heavy (non-hydrogen) atoms. The van der Waals surface area contributed by atoms with Crippen molar-refractivity contribution in [2.75, 3.05) is 18.8 Å². The van der Waals surface area contributed by atoms with Gasteiger partial charge in [-0.3, -0.25) is 4.79 Å². The molecule has 1 aromatic heterocycles. The van der Waals surface area contributed by atoms with E-state index in [1.54, 1.807) is 6.20 Å². The van der Waals surface area contributed by atoms with Crippen molar-refractivity contribution < 1.29 is 4.79 Å². The van der Waals surface area contributed by atoms with Gasteiger partial charge in [-0.25, -0.2) is 4.98 Å². The minimum atomic E-state index is 0.181. The van der Waals surface area contributed by atoms with Crippen LogP contribution in [0.25, 0.3) is 0 Å². The van der Waals surface area contributed by atoms with E-state index in [-0.39, 0.29) is 5.91 Å². The number of hydrogen-bond acceptors (Lipinski definition) is 3. The number of amides is 1. The largest absolute Gasteiger partial charge is 0.343 e. The predicted molar refractivity (Wildman–Crippen MR) is 66.6 cm³/mol. The van der Waals surface area contributed by atoms with Gasteiger partial charge in [-0.2, -0.15) is 0 Å². The van der Waals surface area contributed by atoms with Crippen LogP contribution in [-0.4, -0.2) is 39.2 Å². The van der Waals surface area contributed by atoms with Gasteiger partial charge in [0.1, 0.15) is 0 Å². The Balaban J connectivity index is 2.48. The quantitative estimate of drug-likeness (QED) is 0.714. The Kier molecular flexibility index (Phi) is 5.38. The van der Waals surface area contributed by atoms with Crippen LogP contribution in [0.4, 0.5) is 0 Å². The van der Waals surface area contributed by atoms with Crippen LogP contribution in [0.1, 0.15) is 20.8 Å². The number of aromatic nitrogens is 2. The van der Waals surface area contributed by atoms with Crippen molar-refractivity contribution in [1.29, 1.82) is 0 Å². The van der Waals surface area contributed by atoms with Crippen molar-refractivity contribution in [3.63, 3.8) is 0 Å². The van der Waals surface area contributed by atoms with E-state index in [2.05, 4.69) is 11.9 Å². The van der Waals surface area contributed by atoms with Crippen molar-refractivity contribution >= 4 is 17.7 Å². The molecular weight excluding hydrogens is 222 g/mol. The lowest BCUT2D eigenvalue weighted by atomic mass is 10.5. The molecule has 5 heteroatoms. The molecule has 90 valence electrons. The fraction of sp³-hybridized carbons (Fsp3) is 0.636. The summed E-state index contributed by atoms with van der Waals surface area (Å²) < 4.78 is 2.04. The van der Waals surface area contributed by atoms with Crippen LogP contribution in [0.3, 0.4) is 0 Å². The molecule has 0 fully saturated rings. The van der Waals surface area contributed by atoms with Crippen molar-refractivity contribution in [1.82, 2.24) is 14.5 Å². The number of carbonyl (C=O) groups is 1. The second-order valence-electron chi connectivity index (χ2n) is 3.35. The van der Waals surface area contributed by atoms with Gasteiger partial charge in [0.05, 0.1) is 5.75 Å². The lowest BCUT2D eigenvalue weighted by molar-refractivity contribution is -0.127. The first kappa shape index (κ1) is 13.1. The molecule has 1 heterocycles. The molecule has 1 amide bonds. The predicted octanol–water partition coefficient (Wildman–Crippen LogP) is 1.86. The highest BCUT2D eigenvalue weighted by Gasteiger charge is 2.11. The highest BCUT2D eigenvalue weighted by Crippen LogP contribution is 2.16. The normalized spacial score (nSPS) is 10.4. The Morgan fingerprint density at radius 1 is 1.44 bits per heavy atom. The van der Waals surface area contributed by atoms with Gasteiger partial charge in [0.15, 0.2) is 5.16 Å². The van der Waals surface area contributed by atoms with E-state index in [9.17, 15) is 4.79 Å². The standard InChI is InChI=1S/C11H19N3OS/c1-4-13(5-2)10(15)9-16-11-12-7-8-14(11)6-3/h7-8H,4-6,9H2,1-3H3. The van der Waals surface area contributed by atoms with Gasteiger partial charge >= 0.3 is 0 Å². The van der Waals surface area contributed by atoms with Gasteiger partial charge in [0.2, 0.25) is 5.91 Å². The first-order valence-corrected chi connectivity index (χ1v) is 6.63. The van der Waals surface area contributed by atoms with Crippen LogP contribution in [-0.2, 0) is 11.3 Å². The Labute approximate surface area is 101 Å². The third kappa shape index (κ3) is 3.27. The molecule has 0 saturated carbocycles. The Bertz CT molecular complexity index is 334. The van der Waals surface area contributed by atoms with Gasteiger partial charge in [-0.1, -0.05) is 11.8 Å². The number of rotatable bonds is 6. The average molecular weight is 241 g/mol. The summed E-state index contributed by atoms with van der Waals surface area (Å²) in [6.07, 6.45) is 3.71. The second-order valence-corrected chi connectivity index (χ2v) is 4.29. The summed E-state index contributed by atoms with van der Waals surface area (Å²) >= 11 is 1.51. The molecule has 1 rings (SSSR count). The third-order valence-corrected chi connectivity index (χ3v) is 3.45. The van der Waals surface area contributed by atoms with Crippen molar-refractivity contribution in [3.8, 4) is 0 Å². The second kappa shape index (κ2) is 6.58. The number of hydrogen-bond donors (Lipinski definition) is 0. The molecule has 0 aliphatic rings. The van der Waals surface area contributed by atoms with E-state index in [0.717, 1.165) is 24.8 Å². The Morgan fingerprint density at radius 3 is 2.69 bits per heavy atom. The number of imidazole rings is 1. The minimum absolute atomic E-state index is 0.181. The van der Waals surface area contributed by atoms with Crippen LogP contribution in [0, 0.1) is 0 Å². The summed E-state index contributed by atoms with van der Waals surface area (Å²) in [6.45, 7) is 8.51. The van der Waals surface area contributed by atoms with Crippen LogP contribution >= 0.6 is 11.8 Å². The molecular formula is C11H19N3OS. The lowest BCUT2D eigenvalue weighted by Gasteiger charge is -2.18. The molecule has 0 aliphatic heterocycles. The highest BCUT2D eigenvalue weighted by atomic mass is 32.2. The van der Waals surface area contributed by atoms with E-state index in [4.69, 9.17) is 0 Å². The summed E-state index contributed by atoms with van der Waals surface area (Å²) in [4.78, 5) is 17.8. The maximum Gasteiger partial charge on any atom is 0.233 e. The molecule has 0 aliphatic carbocycles. The molecule has 0 bridgehead atoms. The summed E-state index contributed by atoms with van der Waals surface area (Å²) in [7, 11) is 0. The molecule has 0 unspecified atom stereocenters. The maximum absolute atomic E-state index is 11.8. The topological polar surface area (TPSA) is 38.1 Å².